The summed E-state index contributed by atoms with van der Waals surface area (Å²) in [6.07, 6.45) is 1.54. The fraction of sp³-hybridized carbons (Fsp3) is 0.111. The standard InChI is InChI=1S/C27H22ClN3O5S/c1-17-10-11-20(14-22(17)28)30-25(33)16-36-21-9-5-6-18(12-21)13-23-26(34)31(27(35)37-23)15-24(32)29-19-7-3-2-4-8-19/h2-14H,15-16H2,1H3,(H,29,32)(H,30,33)/b23-13-. The SMILES string of the molecule is Cc1ccc(NC(=O)COc2cccc(/C=C3\SC(=O)N(CC(=O)Nc4ccccc4)C3=O)c2)cc1Cl. The molecule has 0 unspecified atom stereocenters. The van der Waals surface area contributed by atoms with E-state index in [2.05, 4.69) is 10.6 Å². The molecule has 0 aliphatic carbocycles. The Kier molecular flexibility index (Phi) is 8.27. The summed E-state index contributed by atoms with van der Waals surface area (Å²) in [7, 11) is 0. The number of benzene rings is 3. The highest BCUT2D eigenvalue weighted by atomic mass is 35.5. The van der Waals surface area contributed by atoms with Crippen molar-refractivity contribution >= 4 is 63.8 Å². The molecule has 4 rings (SSSR count). The van der Waals surface area contributed by atoms with Crippen LogP contribution in [0.1, 0.15) is 11.1 Å². The first-order chi connectivity index (χ1) is 17.8. The van der Waals surface area contributed by atoms with Crippen molar-refractivity contribution in [2.45, 2.75) is 6.92 Å². The van der Waals surface area contributed by atoms with Crippen LogP contribution in [0.3, 0.4) is 0 Å². The lowest BCUT2D eigenvalue weighted by Gasteiger charge is -2.12. The Bertz CT molecular complexity index is 1390. The van der Waals surface area contributed by atoms with E-state index in [4.69, 9.17) is 16.3 Å². The summed E-state index contributed by atoms with van der Waals surface area (Å²) in [5, 5.41) is 5.39. The van der Waals surface area contributed by atoms with Crippen LogP contribution in [0.25, 0.3) is 6.08 Å². The molecule has 4 amide bonds. The molecule has 1 fully saturated rings. The number of amides is 4. The van der Waals surface area contributed by atoms with E-state index in [1.807, 2.05) is 13.0 Å². The van der Waals surface area contributed by atoms with Crippen molar-refractivity contribution in [3.8, 4) is 5.75 Å². The summed E-state index contributed by atoms with van der Waals surface area (Å²) in [5.41, 5.74) is 2.64. The smallest absolute Gasteiger partial charge is 0.294 e. The van der Waals surface area contributed by atoms with Gasteiger partial charge in [0.2, 0.25) is 5.91 Å². The van der Waals surface area contributed by atoms with Crippen LogP contribution >= 0.6 is 23.4 Å². The number of hydrogen-bond donors (Lipinski definition) is 2. The van der Waals surface area contributed by atoms with Crippen molar-refractivity contribution in [3.63, 3.8) is 0 Å². The van der Waals surface area contributed by atoms with E-state index in [0.29, 0.717) is 27.7 Å². The molecule has 1 saturated heterocycles. The Morgan fingerprint density at radius 2 is 1.70 bits per heavy atom. The molecule has 0 saturated carbocycles. The minimum Gasteiger partial charge on any atom is -0.484 e. The number of nitrogens with zero attached hydrogens (tertiary/aromatic N) is 1. The lowest BCUT2D eigenvalue weighted by atomic mass is 10.2. The summed E-state index contributed by atoms with van der Waals surface area (Å²) in [6, 6.07) is 20.7. The maximum Gasteiger partial charge on any atom is 0.294 e. The van der Waals surface area contributed by atoms with Gasteiger partial charge in [-0.1, -0.05) is 48.0 Å². The van der Waals surface area contributed by atoms with Gasteiger partial charge < -0.3 is 15.4 Å². The quantitative estimate of drug-likeness (QED) is 0.377. The third kappa shape index (κ3) is 6.99. The van der Waals surface area contributed by atoms with E-state index in [-0.39, 0.29) is 24.0 Å². The molecule has 0 aromatic heterocycles. The number of hydrogen-bond acceptors (Lipinski definition) is 6. The molecular weight excluding hydrogens is 514 g/mol. The van der Waals surface area contributed by atoms with Crippen molar-refractivity contribution in [2.75, 3.05) is 23.8 Å². The Labute approximate surface area is 222 Å². The Morgan fingerprint density at radius 3 is 2.46 bits per heavy atom. The number of ether oxygens (including phenoxy) is 1. The molecule has 1 aliphatic rings. The summed E-state index contributed by atoms with van der Waals surface area (Å²) in [6.45, 7) is 1.25. The zero-order chi connectivity index (χ0) is 26.4. The molecular formula is C27H22ClN3O5S. The number of carbonyl (C=O) groups is 4. The van der Waals surface area contributed by atoms with Crippen LogP contribution in [0.15, 0.2) is 77.7 Å². The highest BCUT2D eigenvalue weighted by molar-refractivity contribution is 8.18. The Morgan fingerprint density at radius 1 is 0.946 bits per heavy atom. The number of thioether (sulfide) groups is 1. The molecule has 1 heterocycles. The summed E-state index contributed by atoms with van der Waals surface area (Å²) in [5.74, 6) is -0.982. The maximum atomic E-state index is 12.8. The molecule has 0 spiro atoms. The monoisotopic (exact) mass is 535 g/mol. The fourth-order valence-electron chi connectivity index (χ4n) is 3.36. The lowest BCUT2D eigenvalue weighted by Crippen LogP contribution is -2.36. The van der Waals surface area contributed by atoms with Gasteiger partial charge in [-0.05, 0) is 72.3 Å². The van der Waals surface area contributed by atoms with Crippen LogP contribution in [0, 0.1) is 6.92 Å². The second-order valence-corrected chi connectivity index (χ2v) is 9.46. The number of nitrogens with one attached hydrogen (secondary N) is 2. The van der Waals surface area contributed by atoms with E-state index in [1.165, 1.54) is 0 Å². The fourth-order valence-corrected chi connectivity index (χ4v) is 4.38. The van der Waals surface area contributed by atoms with Gasteiger partial charge in [0, 0.05) is 16.4 Å². The van der Waals surface area contributed by atoms with Crippen LogP contribution in [0.5, 0.6) is 5.75 Å². The third-order valence-electron chi connectivity index (χ3n) is 5.21. The van der Waals surface area contributed by atoms with Gasteiger partial charge in [-0.25, -0.2) is 0 Å². The number of anilines is 2. The number of carbonyl (C=O) groups excluding carboxylic acids is 4. The van der Waals surface area contributed by atoms with Crippen molar-refractivity contribution in [1.29, 1.82) is 0 Å². The molecule has 188 valence electrons. The number of aryl methyl sites for hydroxylation is 1. The normalized spacial score (nSPS) is 14.1. The van der Waals surface area contributed by atoms with Crippen LogP contribution < -0.4 is 15.4 Å². The molecule has 0 bridgehead atoms. The zero-order valence-corrected chi connectivity index (χ0v) is 21.3. The summed E-state index contributed by atoms with van der Waals surface area (Å²) >= 11 is 6.84. The molecule has 3 aromatic rings. The van der Waals surface area contributed by atoms with Crippen molar-refractivity contribution in [3.05, 3.63) is 93.9 Å². The summed E-state index contributed by atoms with van der Waals surface area (Å²) < 4.78 is 5.58. The number of para-hydroxylation sites is 1. The second kappa shape index (κ2) is 11.8. The maximum absolute atomic E-state index is 12.8. The predicted molar refractivity (Wildman–Crippen MR) is 145 cm³/mol. The number of imide groups is 1. The topological polar surface area (TPSA) is 105 Å². The first-order valence-corrected chi connectivity index (χ1v) is 12.4. The van der Waals surface area contributed by atoms with Gasteiger partial charge >= 0.3 is 0 Å². The van der Waals surface area contributed by atoms with Gasteiger partial charge in [0.25, 0.3) is 17.1 Å². The average molecular weight is 536 g/mol. The summed E-state index contributed by atoms with van der Waals surface area (Å²) in [4.78, 5) is 50.8. The van der Waals surface area contributed by atoms with Crippen molar-refractivity contribution in [1.82, 2.24) is 4.90 Å². The molecule has 2 N–H and O–H groups in total. The molecule has 8 nitrogen and oxygen atoms in total. The second-order valence-electron chi connectivity index (χ2n) is 8.06. The van der Waals surface area contributed by atoms with Gasteiger partial charge in [0.15, 0.2) is 6.61 Å². The molecule has 0 atom stereocenters. The lowest BCUT2D eigenvalue weighted by molar-refractivity contribution is -0.127. The zero-order valence-electron chi connectivity index (χ0n) is 19.7. The van der Waals surface area contributed by atoms with E-state index in [0.717, 1.165) is 22.2 Å². The van der Waals surface area contributed by atoms with Crippen molar-refractivity contribution in [2.24, 2.45) is 0 Å². The van der Waals surface area contributed by atoms with Gasteiger partial charge in [0.1, 0.15) is 12.3 Å². The van der Waals surface area contributed by atoms with Crippen molar-refractivity contribution < 1.29 is 23.9 Å². The highest BCUT2D eigenvalue weighted by Crippen LogP contribution is 2.32. The van der Waals surface area contributed by atoms with Gasteiger partial charge in [-0.15, -0.1) is 0 Å². The Hall–Kier alpha value is -4.08. The molecule has 3 aromatic carbocycles. The largest absolute Gasteiger partial charge is 0.484 e. The minimum atomic E-state index is -0.555. The third-order valence-corrected chi connectivity index (χ3v) is 6.53. The van der Waals surface area contributed by atoms with Crippen LogP contribution in [-0.4, -0.2) is 41.0 Å². The van der Waals surface area contributed by atoms with E-state index in [1.54, 1.807) is 72.8 Å². The van der Waals surface area contributed by atoms with Gasteiger partial charge in [-0.2, -0.15) is 0 Å². The van der Waals surface area contributed by atoms with Crippen LogP contribution in [0.4, 0.5) is 16.2 Å². The molecule has 1 aliphatic heterocycles. The van der Waals surface area contributed by atoms with Gasteiger partial charge in [0.05, 0.1) is 4.91 Å². The molecule has 37 heavy (non-hydrogen) atoms. The molecule has 10 heteroatoms. The van der Waals surface area contributed by atoms with Crippen LogP contribution in [-0.2, 0) is 14.4 Å². The predicted octanol–water partition coefficient (Wildman–Crippen LogP) is 5.34. The van der Waals surface area contributed by atoms with Gasteiger partial charge in [-0.3, -0.25) is 24.1 Å². The Balaban J connectivity index is 1.35. The molecule has 0 radical (unpaired) electrons. The van der Waals surface area contributed by atoms with E-state index < -0.39 is 17.1 Å². The average Bonchev–Trinajstić information content (AvgIpc) is 3.13. The van der Waals surface area contributed by atoms with Crippen LogP contribution in [0.2, 0.25) is 5.02 Å². The first kappa shape index (κ1) is 26.0. The first-order valence-electron chi connectivity index (χ1n) is 11.2. The van der Waals surface area contributed by atoms with E-state index >= 15 is 0 Å². The van der Waals surface area contributed by atoms with E-state index in [9.17, 15) is 19.2 Å². The number of halogens is 1. The minimum absolute atomic E-state index is 0.184. The highest BCUT2D eigenvalue weighted by Gasteiger charge is 2.36. The number of rotatable bonds is 8.